The summed E-state index contributed by atoms with van der Waals surface area (Å²) < 4.78 is 11.2. The smallest absolute Gasteiger partial charge is 0.220 e. The van der Waals surface area contributed by atoms with Crippen LogP contribution in [0.5, 0.6) is 0 Å². The molecule has 9 heteroatoms. The number of ether oxygens (including phenoxy) is 2. The third kappa shape index (κ3) is 29.4. The maximum absolute atomic E-state index is 12.9. The highest BCUT2D eigenvalue weighted by molar-refractivity contribution is 5.76. The van der Waals surface area contributed by atoms with Crippen molar-refractivity contribution in [2.75, 3.05) is 13.2 Å². The minimum absolute atomic E-state index is 0.196. The number of unbranched alkanes of at least 4 members (excludes halogenated alkanes) is 23. The number of carbonyl (C=O) groups is 1. The predicted molar refractivity (Wildman–Crippen MR) is 239 cm³/mol. The molecule has 0 aromatic heterocycles. The topological polar surface area (TPSA) is 149 Å². The molecule has 0 bridgehead atoms. The zero-order chi connectivity index (χ0) is 42.3. The number of aliphatic hydroxyl groups excluding tert-OH is 5. The summed E-state index contributed by atoms with van der Waals surface area (Å²) in [6, 6.07) is -0.827. The van der Waals surface area contributed by atoms with Crippen molar-refractivity contribution >= 4 is 5.91 Å². The normalized spacial score (nSPS) is 21.3. The van der Waals surface area contributed by atoms with E-state index < -0.39 is 49.5 Å². The van der Waals surface area contributed by atoms with Gasteiger partial charge in [-0.1, -0.05) is 178 Å². The zero-order valence-corrected chi connectivity index (χ0v) is 37.0. The van der Waals surface area contributed by atoms with E-state index in [0.717, 1.165) is 51.4 Å². The highest BCUT2D eigenvalue weighted by Gasteiger charge is 2.44. The molecule has 0 aromatic rings. The van der Waals surface area contributed by atoms with Gasteiger partial charge in [-0.3, -0.25) is 4.79 Å². The average molecular weight is 820 g/mol. The van der Waals surface area contributed by atoms with Gasteiger partial charge in [0.15, 0.2) is 6.29 Å². The lowest BCUT2D eigenvalue weighted by molar-refractivity contribution is -0.302. The molecule has 9 nitrogen and oxygen atoms in total. The van der Waals surface area contributed by atoms with E-state index in [9.17, 15) is 30.3 Å². The van der Waals surface area contributed by atoms with Crippen molar-refractivity contribution in [1.29, 1.82) is 0 Å². The van der Waals surface area contributed by atoms with E-state index in [1.807, 2.05) is 6.08 Å². The Balaban J connectivity index is 2.23. The average Bonchev–Trinajstić information content (AvgIpc) is 3.22. The van der Waals surface area contributed by atoms with Gasteiger partial charge in [0.05, 0.1) is 25.4 Å². The Labute approximate surface area is 354 Å². The molecule has 1 fully saturated rings. The van der Waals surface area contributed by atoms with Crippen molar-refractivity contribution in [2.24, 2.45) is 0 Å². The van der Waals surface area contributed by atoms with Gasteiger partial charge in [-0.2, -0.15) is 0 Å². The number of rotatable bonds is 39. The van der Waals surface area contributed by atoms with Crippen LogP contribution in [0.4, 0.5) is 0 Å². The summed E-state index contributed by atoms with van der Waals surface area (Å²) in [5.41, 5.74) is 0. The van der Waals surface area contributed by atoms with Crippen molar-refractivity contribution < 1.29 is 39.8 Å². The number of aliphatic hydroxyl groups is 5. The van der Waals surface area contributed by atoms with Crippen LogP contribution in [-0.4, -0.2) is 87.5 Å². The van der Waals surface area contributed by atoms with Crippen molar-refractivity contribution in [3.8, 4) is 0 Å². The molecule has 1 rings (SSSR count). The van der Waals surface area contributed by atoms with Gasteiger partial charge in [0.1, 0.15) is 24.4 Å². The summed E-state index contributed by atoms with van der Waals surface area (Å²) in [6.07, 6.45) is 43.3. The van der Waals surface area contributed by atoms with Gasteiger partial charge in [0.2, 0.25) is 5.91 Å². The van der Waals surface area contributed by atoms with Crippen LogP contribution in [0, 0.1) is 0 Å². The molecule has 1 saturated heterocycles. The zero-order valence-electron chi connectivity index (χ0n) is 37.0. The van der Waals surface area contributed by atoms with Crippen molar-refractivity contribution in [3.05, 3.63) is 48.6 Å². The summed E-state index contributed by atoms with van der Waals surface area (Å²) in [6.45, 7) is 3.62. The van der Waals surface area contributed by atoms with Crippen molar-refractivity contribution in [2.45, 2.75) is 243 Å². The van der Waals surface area contributed by atoms with Crippen molar-refractivity contribution in [3.63, 3.8) is 0 Å². The van der Waals surface area contributed by atoms with Crippen LogP contribution in [0.3, 0.4) is 0 Å². The molecule has 0 aromatic carbocycles. The SMILES string of the molecule is CC/C=C/CC/C=C/CC/C=C/C(O)C(COC1OC(CO)C(O)C(O)C1O)NC(=O)CCCCCCCCCCC/C=C\CCCCCCCCCCCCCC. The van der Waals surface area contributed by atoms with E-state index in [4.69, 9.17) is 9.47 Å². The number of nitrogens with one attached hydrogen (secondary N) is 1. The van der Waals surface area contributed by atoms with E-state index >= 15 is 0 Å². The van der Waals surface area contributed by atoms with E-state index in [2.05, 4.69) is 55.6 Å². The standard InChI is InChI=1S/C49H89NO8/c1-3-5-7-9-11-13-15-16-17-18-19-20-21-22-23-24-25-26-27-28-29-31-33-35-37-39-45(53)50-42(41-57-49-48(56)47(55)46(54)44(40-51)58-49)43(52)38-36-34-32-30-14-12-10-8-6-4-2/h6,8,14,22-23,30,36,38,42-44,46-49,51-52,54-56H,3-5,7,9-13,15-21,24-29,31-35,37,39-41H2,1-2H3,(H,50,53)/b8-6+,23-22-,30-14+,38-36+. The maximum atomic E-state index is 12.9. The first-order valence-corrected chi connectivity index (χ1v) is 23.9. The van der Waals surface area contributed by atoms with Gasteiger partial charge in [-0.15, -0.1) is 0 Å². The molecule has 0 radical (unpaired) electrons. The number of hydrogen-bond donors (Lipinski definition) is 6. The van der Waals surface area contributed by atoms with E-state index in [1.54, 1.807) is 6.08 Å². The maximum Gasteiger partial charge on any atom is 0.220 e. The first-order valence-electron chi connectivity index (χ1n) is 23.9. The number of amides is 1. The molecule has 0 saturated carbocycles. The van der Waals surface area contributed by atoms with Crippen LogP contribution in [0.2, 0.25) is 0 Å². The lowest BCUT2D eigenvalue weighted by Crippen LogP contribution is -2.60. The molecule has 6 N–H and O–H groups in total. The van der Waals surface area contributed by atoms with Crippen molar-refractivity contribution in [1.82, 2.24) is 5.32 Å². The Morgan fingerprint density at radius 2 is 1.03 bits per heavy atom. The molecule has 7 atom stereocenters. The highest BCUT2D eigenvalue weighted by Crippen LogP contribution is 2.22. The van der Waals surface area contributed by atoms with E-state index in [-0.39, 0.29) is 12.5 Å². The van der Waals surface area contributed by atoms with E-state index in [0.29, 0.717) is 6.42 Å². The van der Waals surface area contributed by atoms with Crippen LogP contribution in [0.25, 0.3) is 0 Å². The molecule has 0 aliphatic carbocycles. The predicted octanol–water partition coefficient (Wildman–Crippen LogP) is 10.2. The lowest BCUT2D eigenvalue weighted by atomic mass is 9.99. The highest BCUT2D eigenvalue weighted by atomic mass is 16.7. The number of allylic oxidation sites excluding steroid dienone is 7. The first-order chi connectivity index (χ1) is 28.3. The Kier molecular flexibility index (Phi) is 36.7. The fraction of sp³-hybridized carbons (Fsp3) is 0.816. The third-order valence-corrected chi connectivity index (χ3v) is 11.1. The minimum Gasteiger partial charge on any atom is -0.394 e. The van der Waals surface area contributed by atoms with Crippen LogP contribution in [0.15, 0.2) is 48.6 Å². The lowest BCUT2D eigenvalue weighted by Gasteiger charge is -2.40. The fourth-order valence-corrected chi connectivity index (χ4v) is 7.31. The monoisotopic (exact) mass is 820 g/mol. The van der Waals surface area contributed by atoms with Gasteiger partial charge in [-0.25, -0.2) is 0 Å². The molecular formula is C49H89NO8. The van der Waals surface area contributed by atoms with Crippen LogP contribution >= 0.6 is 0 Å². The summed E-state index contributed by atoms with van der Waals surface area (Å²) >= 11 is 0. The molecular weight excluding hydrogens is 731 g/mol. The van der Waals surface area contributed by atoms with Gasteiger partial charge in [0.25, 0.3) is 0 Å². The number of hydrogen-bond acceptors (Lipinski definition) is 8. The van der Waals surface area contributed by atoms with Gasteiger partial charge < -0.3 is 40.3 Å². The Bertz CT molecular complexity index is 1050. The Morgan fingerprint density at radius 1 is 0.586 bits per heavy atom. The third-order valence-electron chi connectivity index (χ3n) is 11.1. The fourth-order valence-electron chi connectivity index (χ4n) is 7.31. The summed E-state index contributed by atoms with van der Waals surface area (Å²) in [7, 11) is 0. The van der Waals surface area contributed by atoms with Crippen LogP contribution in [0.1, 0.15) is 200 Å². The summed E-state index contributed by atoms with van der Waals surface area (Å²) in [5.74, 6) is -0.196. The second-order valence-corrected chi connectivity index (χ2v) is 16.5. The second-order valence-electron chi connectivity index (χ2n) is 16.5. The second kappa shape index (κ2) is 39.3. The molecule has 1 aliphatic rings. The van der Waals surface area contributed by atoms with Crippen LogP contribution in [-0.2, 0) is 14.3 Å². The Morgan fingerprint density at radius 3 is 1.53 bits per heavy atom. The van der Waals surface area contributed by atoms with Gasteiger partial charge in [0, 0.05) is 6.42 Å². The molecule has 338 valence electrons. The largest absolute Gasteiger partial charge is 0.394 e. The molecule has 1 amide bonds. The molecule has 7 unspecified atom stereocenters. The minimum atomic E-state index is -1.57. The molecule has 1 heterocycles. The molecule has 58 heavy (non-hydrogen) atoms. The summed E-state index contributed by atoms with van der Waals surface area (Å²) in [4.78, 5) is 12.9. The quantitative estimate of drug-likeness (QED) is 0.0265. The first kappa shape index (κ1) is 54.2. The molecule has 0 spiro atoms. The Hall–Kier alpha value is -1.85. The van der Waals surface area contributed by atoms with E-state index in [1.165, 1.54) is 128 Å². The number of carbonyl (C=O) groups excluding carboxylic acids is 1. The van der Waals surface area contributed by atoms with Gasteiger partial charge >= 0.3 is 0 Å². The van der Waals surface area contributed by atoms with Gasteiger partial charge in [-0.05, 0) is 64.2 Å². The van der Waals surface area contributed by atoms with Crippen LogP contribution < -0.4 is 5.32 Å². The molecule has 1 aliphatic heterocycles. The summed E-state index contributed by atoms with van der Waals surface area (Å²) in [5, 5.41) is 54.0.